The van der Waals surface area contributed by atoms with Crippen molar-refractivity contribution in [3.8, 4) is 5.75 Å². The Labute approximate surface area is 219 Å². The summed E-state index contributed by atoms with van der Waals surface area (Å²) in [6.07, 6.45) is 5.76. The SMILES string of the molecule is CCC(/C=C1\Oc2ccc(Cl)cc2N1CCCCS(=O)(=O)[O-])=C\c1sc2ccc(Cl)cc2[n+]1CC. The fourth-order valence-corrected chi connectivity index (χ4v) is 6.11. The van der Waals surface area contributed by atoms with Gasteiger partial charge in [-0.05, 0) is 62.1 Å². The number of rotatable bonds is 9. The molecule has 186 valence electrons. The van der Waals surface area contributed by atoms with Crippen LogP contribution in [0.15, 0.2) is 53.9 Å². The molecule has 0 amide bonds. The lowest BCUT2D eigenvalue weighted by Gasteiger charge is -2.19. The first-order valence-corrected chi connectivity index (χ1v) is 14.6. The van der Waals surface area contributed by atoms with Gasteiger partial charge in [0.2, 0.25) is 11.4 Å². The molecule has 0 saturated heterocycles. The van der Waals surface area contributed by atoms with Crippen LogP contribution in [0.4, 0.5) is 5.69 Å². The maximum absolute atomic E-state index is 11.0. The number of aromatic nitrogens is 1. The van der Waals surface area contributed by atoms with E-state index in [0.717, 1.165) is 34.8 Å². The molecule has 2 heterocycles. The molecule has 0 atom stereocenters. The van der Waals surface area contributed by atoms with Crippen LogP contribution in [-0.2, 0) is 16.7 Å². The predicted octanol–water partition coefficient (Wildman–Crippen LogP) is 6.37. The number of aryl methyl sites for hydroxylation is 1. The molecule has 0 radical (unpaired) electrons. The number of hydrogen-bond acceptors (Lipinski definition) is 6. The summed E-state index contributed by atoms with van der Waals surface area (Å²) in [6, 6.07) is 11.4. The maximum atomic E-state index is 11.0. The van der Waals surface area contributed by atoms with Crippen LogP contribution in [0.1, 0.15) is 38.1 Å². The first-order chi connectivity index (χ1) is 16.7. The van der Waals surface area contributed by atoms with Crippen LogP contribution in [0.3, 0.4) is 0 Å². The normalized spacial score (nSPS) is 15.2. The van der Waals surface area contributed by atoms with Gasteiger partial charge in [0.15, 0.2) is 5.75 Å². The van der Waals surface area contributed by atoms with Crippen molar-refractivity contribution >= 4 is 66.6 Å². The lowest BCUT2D eigenvalue weighted by Crippen LogP contribution is -2.33. The van der Waals surface area contributed by atoms with E-state index in [1.165, 1.54) is 4.70 Å². The molecule has 0 spiro atoms. The van der Waals surface area contributed by atoms with Gasteiger partial charge in [-0.15, -0.1) is 0 Å². The molecular weight excluding hydrogens is 527 g/mol. The highest BCUT2D eigenvalue weighted by Crippen LogP contribution is 2.41. The Morgan fingerprint density at radius 1 is 1.14 bits per heavy atom. The highest BCUT2D eigenvalue weighted by Gasteiger charge is 2.27. The van der Waals surface area contributed by atoms with Crippen molar-refractivity contribution in [2.75, 3.05) is 17.2 Å². The predicted molar refractivity (Wildman–Crippen MR) is 142 cm³/mol. The fraction of sp³-hybridized carbons (Fsp3) is 0.320. The summed E-state index contributed by atoms with van der Waals surface area (Å²) in [4.78, 5) is 1.99. The van der Waals surface area contributed by atoms with Crippen molar-refractivity contribution in [3.05, 3.63) is 69.0 Å². The molecular formula is C25H26Cl2N2O4S2. The monoisotopic (exact) mass is 552 g/mol. The number of hydrogen-bond donors (Lipinski definition) is 0. The average molecular weight is 554 g/mol. The third kappa shape index (κ3) is 6.19. The van der Waals surface area contributed by atoms with E-state index < -0.39 is 10.1 Å². The number of ether oxygens (including phenoxy) is 1. The molecule has 0 unspecified atom stereocenters. The highest BCUT2D eigenvalue weighted by atomic mass is 35.5. The summed E-state index contributed by atoms with van der Waals surface area (Å²) in [5, 5.41) is 2.41. The second-order valence-corrected chi connectivity index (χ2v) is 11.6. The summed E-state index contributed by atoms with van der Waals surface area (Å²) >= 11 is 14.2. The Balaban J connectivity index is 1.67. The smallest absolute Gasteiger partial charge is 0.263 e. The van der Waals surface area contributed by atoms with Gasteiger partial charge in [0.05, 0.1) is 15.8 Å². The number of allylic oxidation sites excluding steroid dienone is 2. The molecule has 4 rings (SSSR count). The number of anilines is 1. The van der Waals surface area contributed by atoms with E-state index in [0.29, 0.717) is 34.6 Å². The van der Waals surface area contributed by atoms with Gasteiger partial charge in [-0.1, -0.05) is 41.5 Å². The molecule has 0 saturated carbocycles. The summed E-state index contributed by atoms with van der Waals surface area (Å²) in [5.74, 6) is 0.955. The van der Waals surface area contributed by atoms with Crippen molar-refractivity contribution in [1.29, 1.82) is 0 Å². The zero-order valence-electron chi connectivity index (χ0n) is 19.5. The van der Waals surface area contributed by atoms with Crippen molar-refractivity contribution in [1.82, 2.24) is 0 Å². The number of nitrogens with zero attached hydrogens (tertiary/aromatic N) is 2. The van der Waals surface area contributed by atoms with Gasteiger partial charge >= 0.3 is 0 Å². The first-order valence-electron chi connectivity index (χ1n) is 11.4. The van der Waals surface area contributed by atoms with E-state index in [1.807, 2.05) is 41.3 Å². The molecule has 0 fully saturated rings. The fourth-order valence-electron chi connectivity index (χ4n) is 4.03. The average Bonchev–Trinajstić information content (AvgIpc) is 3.31. The maximum Gasteiger partial charge on any atom is 0.263 e. The second-order valence-electron chi connectivity index (χ2n) is 8.19. The Kier molecular flexibility index (Phi) is 8.08. The van der Waals surface area contributed by atoms with E-state index in [-0.39, 0.29) is 12.2 Å². The van der Waals surface area contributed by atoms with Crippen molar-refractivity contribution in [2.24, 2.45) is 0 Å². The Bertz CT molecular complexity index is 1410. The van der Waals surface area contributed by atoms with Crippen LogP contribution in [0.5, 0.6) is 5.75 Å². The third-order valence-corrected chi connectivity index (χ3v) is 8.12. The molecule has 1 aromatic heterocycles. The van der Waals surface area contributed by atoms with Gasteiger partial charge in [-0.2, -0.15) is 4.57 Å². The van der Waals surface area contributed by atoms with Crippen LogP contribution in [0.2, 0.25) is 10.0 Å². The molecule has 10 heteroatoms. The first kappa shape index (κ1) is 26.0. The zero-order valence-corrected chi connectivity index (χ0v) is 22.6. The lowest BCUT2D eigenvalue weighted by atomic mass is 10.1. The topological polar surface area (TPSA) is 73.5 Å². The quantitative estimate of drug-likeness (QED) is 0.175. The second kappa shape index (κ2) is 10.9. The van der Waals surface area contributed by atoms with E-state index in [4.69, 9.17) is 27.9 Å². The van der Waals surface area contributed by atoms with E-state index in [9.17, 15) is 13.0 Å². The summed E-state index contributed by atoms with van der Waals surface area (Å²) in [5.41, 5.74) is 3.00. The Morgan fingerprint density at radius 2 is 1.89 bits per heavy atom. The third-order valence-electron chi connectivity index (χ3n) is 5.75. The molecule has 1 aliphatic heterocycles. The van der Waals surface area contributed by atoms with Crippen LogP contribution >= 0.6 is 34.5 Å². The van der Waals surface area contributed by atoms with E-state index in [1.54, 1.807) is 17.4 Å². The number of fused-ring (bicyclic) bond motifs is 2. The lowest BCUT2D eigenvalue weighted by molar-refractivity contribution is -0.665. The number of thiazole rings is 1. The van der Waals surface area contributed by atoms with Crippen molar-refractivity contribution in [3.63, 3.8) is 0 Å². The largest absolute Gasteiger partial charge is 0.748 e. The number of benzene rings is 2. The van der Waals surface area contributed by atoms with Crippen LogP contribution < -0.4 is 14.2 Å². The van der Waals surface area contributed by atoms with E-state index >= 15 is 0 Å². The van der Waals surface area contributed by atoms with Gasteiger partial charge in [0.1, 0.15) is 11.2 Å². The molecule has 0 N–H and O–H groups in total. The summed E-state index contributed by atoms with van der Waals surface area (Å²) < 4.78 is 42.5. The Hall–Kier alpha value is -2.10. The van der Waals surface area contributed by atoms with Crippen LogP contribution in [0, 0.1) is 0 Å². The summed E-state index contributed by atoms with van der Waals surface area (Å²) in [7, 11) is -4.23. The van der Waals surface area contributed by atoms with Gasteiger partial charge in [0, 0.05) is 40.6 Å². The van der Waals surface area contributed by atoms with Gasteiger partial charge in [-0.3, -0.25) is 0 Å². The minimum Gasteiger partial charge on any atom is -0.748 e. The molecule has 2 aromatic carbocycles. The molecule has 3 aromatic rings. The zero-order chi connectivity index (χ0) is 25.2. The number of unbranched alkanes of at least 4 members (excludes halogenated alkanes) is 1. The molecule has 0 aliphatic carbocycles. The van der Waals surface area contributed by atoms with E-state index in [2.05, 4.69) is 24.5 Å². The van der Waals surface area contributed by atoms with Crippen LogP contribution in [-0.4, -0.2) is 25.3 Å². The van der Waals surface area contributed by atoms with Gasteiger partial charge < -0.3 is 14.2 Å². The Morgan fingerprint density at radius 3 is 2.60 bits per heavy atom. The standard InChI is InChI=1S/C25H26Cl2N2O4S2/c1-3-17(14-25-28(4-2)21-16-19(27)8-10-23(21)34-25)13-24-29(11-5-6-12-35(30,31)32)20-15-18(26)7-9-22(20)33-24/h7-10,13-16H,3-6,11-12H2,1-2H3. The molecule has 0 bridgehead atoms. The highest BCUT2D eigenvalue weighted by molar-refractivity contribution is 7.85. The number of halogens is 2. The molecule has 35 heavy (non-hydrogen) atoms. The van der Waals surface area contributed by atoms with Gasteiger partial charge in [0.25, 0.3) is 5.01 Å². The molecule has 1 aliphatic rings. The van der Waals surface area contributed by atoms with Crippen molar-refractivity contribution in [2.45, 2.75) is 39.7 Å². The minimum absolute atomic E-state index is 0.281. The minimum atomic E-state index is -4.23. The van der Waals surface area contributed by atoms with Crippen LogP contribution in [0.25, 0.3) is 16.3 Å². The van der Waals surface area contributed by atoms with Crippen molar-refractivity contribution < 1.29 is 22.3 Å². The van der Waals surface area contributed by atoms with Gasteiger partial charge in [-0.25, -0.2) is 8.42 Å². The summed E-state index contributed by atoms with van der Waals surface area (Å²) in [6.45, 7) is 5.52. The molecule has 6 nitrogen and oxygen atoms in total.